The molecule has 37 heavy (non-hydrogen) atoms. The molecule has 0 fully saturated rings. The van der Waals surface area contributed by atoms with Gasteiger partial charge in [-0.1, -0.05) is 67.6 Å². The third-order valence-electron chi connectivity index (χ3n) is 7.38. The number of benzene rings is 3. The second kappa shape index (κ2) is 12.1. The summed E-state index contributed by atoms with van der Waals surface area (Å²) < 4.78 is 40.3. The zero-order valence-electron chi connectivity index (χ0n) is 21.0. The molecular weight excluding hydrogens is 477 g/mol. The molecule has 198 valence electrons. The lowest BCUT2D eigenvalue weighted by Gasteiger charge is -2.40. The fourth-order valence-electron chi connectivity index (χ4n) is 5.44. The number of halogens is 3. The van der Waals surface area contributed by atoms with E-state index < -0.39 is 17.8 Å². The summed E-state index contributed by atoms with van der Waals surface area (Å²) >= 11 is 0. The Morgan fingerprint density at radius 1 is 0.973 bits per heavy atom. The highest BCUT2D eigenvalue weighted by Crippen LogP contribution is 2.47. The average molecular weight is 513 g/mol. The minimum absolute atomic E-state index is 0.00244. The van der Waals surface area contributed by atoms with Gasteiger partial charge in [-0.05, 0) is 59.6 Å². The zero-order valence-corrected chi connectivity index (χ0v) is 21.0. The minimum atomic E-state index is -4.40. The molecule has 1 aliphatic heterocycles. The molecule has 3 N–H and O–H groups in total. The van der Waals surface area contributed by atoms with Gasteiger partial charge in [0, 0.05) is 25.3 Å². The second-order valence-electron chi connectivity index (χ2n) is 9.96. The van der Waals surface area contributed by atoms with Gasteiger partial charge >= 0.3 is 6.18 Å². The molecule has 3 aromatic rings. The van der Waals surface area contributed by atoms with Crippen LogP contribution in [0.1, 0.15) is 54.0 Å². The van der Waals surface area contributed by atoms with Crippen LogP contribution in [0.25, 0.3) is 0 Å². The number of aliphatic hydroxyl groups excluding tert-OH is 2. The number of fused-ring (bicyclic) bond motifs is 1. The predicted molar refractivity (Wildman–Crippen MR) is 140 cm³/mol. The summed E-state index contributed by atoms with van der Waals surface area (Å²) in [5, 5.41) is 24.0. The summed E-state index contributed by atoms with van der Waals surface area (Å²) in [7, 11) is 0. The standard InChI is InChI=1S/C30H35F3N2O2/c1-21-26(14-13-25(37)20-35(16-17-36)19-22-8-4-2-5-9-22)29(23-10-6-3-7-11-23)34-28-15-12-24(18-27(21)28)30(31,32)33/h2-12,15,18,21,25-26,29,34,36-37H,13-14,16-17,19-20H2,1H3/t21-,25+,26+,29-/m0/s1. The molecule has 0 aliphatic carbocycles. The van der Waals surface area contributed by atoms with Crippen molar-refractivity contribution < 1.29 is 23.4 Å². The molecule has 7 heteroatoms. The number of anilines is 1. The number of nitrogens with zero attached hydrogens (tertiary/aromatic N) is 1. The van der Waals surface area contributed by atoms with Gasteiger partial charge in [-0.25, -0.2) is 0 Å². The van der Waals surface area contributed by atoms with Gasteiger partial charge in [0.1, 0.15) is 0 Å². The monoisotopic (exact) mass is 512 g/mol. The number of aliphatic hydroxyl groups is 2. The van der Waals surface area contributed by atoms with Crippen LogP contribution in [0.15, 0.2) is 78.9 Å². The first kappa shape index (κ1) is 27.2. The Hall–Kier alpha value is -2.87. The van der Waals surface area contributed by atoms with Crippen LogP contribution in [0.4, 0.5) is 18.9 Å². The summed E-state index contributed by atoms with van der Waals surface area (Å²) in [4.78, 5) is 2.03. The summed E-state index contributed by atoms with van der Waals surface area (Å²) in [5.41, 5.74) is 2.92. The first-order valence-electron chi connectivity index (χ1n) is 12.8. The number of hydrogen-bond donors (Lipinski definition) is 3. The van der Waals surface area contributed by atoms with Crippen molar-refractivity contribution in [3.8, 4) is 0 Å². The Morgan fingerprint density at radius 2 is 1.65 bits per heavy atom. The molecule has 0 bridgehead atoms. The Balaban J connectivity index is 1.51. The number of rotatable bonds is 10. The van der Waals surface area contributed by atoms with E-state index in [2.05, 4.69) is 5.32 Å². The van der Waals surface area contributed by atoms with Crippen molar-refractivity contribution in [1.29, 1.82) is 0 Å². The molecule has 0 aromatic heterocycles. The SMILES string of the molecule is C[C@@H]1c2cc(C(F)(F)F)ccc2N[C@@H](c2ccccc2)[C@@H]1CC[C@@H](O)CN(CCO)Cc1ccccc1. The van der Waals surface area contributed by atoms with Crippen LogP contribution in [-0.2, 0) is 12.7 Å². The normalized spacial score (nSPS) is 20.4. The maximum atomic E-state index is 13.4. The van der Waals surface area contributed by atoms with Gasteiger partial charge in [-0.2, -0.15) is 13.2 Å². The van der Waals surface area contributed by atoms with E-state index >= 15 is 0 Å². The largest absolute Gasteiger partial charge is 0.416 e. The van der Waals surface area contributed by atoms with Crippen LogP contribution in [-0.4, -0.2) is 40.9 Å². The topological polar surface area (TPSA) is 55.7 Å². The molecule has 4 atom stereocenters. The highest BCUT2D eigenvalue weighted by molar-refractivity contribution is 5.59. The molecule has 4 nitrogen and oxygen atoms in total. The Morgan fingerprint density at radius 3 is 2.30 bits per heavy atom. The van der Waals surface area contributed by atoms with Crippen molar-refractivity contribution in [3.63, 3.8) is 0 Å². The Bertz CT molecular complexity index is 1120. The van der Waals surface area contributed by atoms with E-state index in [9.17, 15) is 23.4 Å². The average Bonchev–Trinajstić information content (AvgIpc) is 2.88. The van der Waals surface area contributed by atoms with Crippen molar-refractivity contribution >= 4 is 5.69 Å². The maximum Gasteiger partial charge on any atom is 0.416 e. The third kappa shape index (κ3) is 6.92. The fourth-order valence-corrected chi connectivity index (χ4v) is 5.44. The molecular formula is C30H35F3N2O2. The Labute approximate surface area is 216 Å². The van der Waals surface area contributed by atoms with Crippen LogP contribution in [0, 0.1) is 5.92 Å². The van der Waals surface area contributed by atoms with Crippen LogP contribution in [0.2, 0.25) is 0 Å². The summed E-state index contributed by atoms with van der Waals surface area (Å²) in [6, 6.07) is 23.7. The molecule has 0 saturated heterocycles. The van der Waals surface area contributed by atoms with E-state index in [1.807, 2.05) is 72.5 Å². The van der Waals surface area contributed by atoms with E-state index in [0.29, 0.717) is 38.0 Å². The second-order valence-corrected chi connectivity index (χ2v) is 9.96. The van der Waals surface area contributed by atoms with E-state index in [-0.39, 0.29) is 24.5 Å². The summed E-state index contributed by atoms with van der Waals surface area (Å²) in [6.07, 6.45) is -3.87. The van der Waals surface area contributed by atoms with Gasteiger partial charge in [0.25, 0.3) is 0 Å². The molecule has 0 radical (unpaired) electrons. The predicted octanol–water partition coefficient (Wildman–Crippen LogP) is 6.23. The smallest absolute Gasteiger partial charge is 0.395 e. The van der Waals surface area contributed by atoms with Gasteiger partial charge in [0.2, 0.25) is 0 Å². The van der Waals surface area contributed by atoms with Crippen molar-refractivity contribution in [2.24, 2.45) is 5.92 Å². The van der Waals surface area contributed by atoms with Crippen molar-refractivity contribution in [2.75, 3.05) is 25.0 Å². The molecule has 1 heterocycles. The van der Waals surface area contributed by atoms with Gasteiger partial charge in [-0.15, -0.1) is 0 Å². The lowest BCUT2D eigenvalue weighted by atomic mass is 9.73. The van der Waals surface area contributed by atoms with Crippen molar-refractivity contribution in [1.82, 2.24) is 4.90 Å². The van der Waals surface area contributed by atoms with E-state index in [1.54, 1.807) is 0 Å². The van der Waals surface area contributed by atoms with Crippen LogP contribution in [0.5, 0.6) is 0 Å². The number of nitrogens with one attached hydrogen (secondary N) is 1. The molecule has 1 aliphatic rings. The van der Waals surface area contributed by atoms with E-state index in [0.717, 1.165) is 22.9 Å². The van der Waals surface area contributed by atoms with Crippen molar-refractivity contribution in [3.05, 3.63) is 101 Å². The molecule has 0 spiro atoms. The lowest BCUT2D eigenvalue weighted by molar-refractivity contribution is -0.137. The zero-order chi connectivity index (χ0) is 26.4. The van der Waals surface area contributed by atoms with E-state index in [1.165, 1.54) is 12.1 Å². The Kier molecular flexibility index (Phi) is 8.90. The molecule has 4 rings (SSSR count). The lowest BCUT2D eigenvalue weighted by Crippen LogP contribution is -2.36. The molecule has 0 amide bonds. The van der Waals surface area contributed by atoms with Crippen molar-refractivity contribution in [2.45, 2.75) is 50.6 Å². The number of alkyl halides is 3. The van der Waals surface area contributed by atoms with Gasteiger partial charge in [0.05, 0.1) is 24.3 Å². The molecule has 3 aromatic carbocycles. The fraction of sp³-hybridized carbons (Fsp3) is 0.400. The highest BCUT2D eigenvalue weighted by Gasteiger charge is 2.38. The van der Waals surface area contributed by atoms with Crippen LogP contribution >= 0.6 is 0 Å². The minimum Gasteiger partial charge on any atom is -0.395 e. The third-order valence-corrected chi connectivity index (χ3v) is 7.38. The molecule has 0 unspecified atom stereocenters. The van der Waals surface area contributed by atoms with Gasteiger partial charge in [-0.3, -0.25) is 4.90 Å². The first-order chi connectivity index (χ1) is 17.8. The maximum absolute atomic E-state index is 13.4. The number of hydrogen-bond acceptors (Lipinski definition) is 4. The quantitative estimate of drug-likeness (QED) is 0.302. The van der Waals surface area contributed by atoms with E-state index in [4.69, 9.17) is 0 Å². The highest BCUT2D eigenvalue weighted by atomic mass is 19.4. The molecule has 0 saturated carbocycles. The first-order valence-corrected chi connectivity index (χ1v) is 12.8. The summed E-state index contributed by atoms with van der Waals surface area (Å²) in [6.45, 7) is 3.47. The van der Waals surface area contributed by atoms with Gasteiger partial charge in [0.15, 0.2) is 0 Å². The van der Waals surface area contributed by atoms with Crippen LogP contribution in [0.3, 0.4) is 0 Å². The van der Waals surface area contributed by atoms with Crippen LogP contribution < -0.4 is 5.32 Å². The summed E-state index contributed by atoms with van der Waals surface area (Å²) in [5.74, 6) is -0.137. The van der Waals surface area contributed by atoms with Gasteiger partial charge < -0.3 is 15.5 Å².